The van der Waals surface area contributed by atoms with Crippen molar-refractivity contribution in [2.75, 3.05) is 0 Å². The quantitative estimate of drug-likeness (QED) is 0.370. The third-order valence-electron chi connectivity index (χ3n) is 1.78. The van der Waals surface area contributed by atoms with E-state index < -0.39 is 22.1 Å². The van der Waals surface area contributed by atoms with Crippen molar-refractivity contribution in [3.63, 3.8) is 0 Å². The second-order valence-electron chi connectivity index (χ2n) is 3.21. The molecule has 0 fully saturated rings. The molecule has 0 unspecified atom stereocenters. The second kappa shape index (κ2) is 10.3. The molecule has 21 heavy (non-hydrogen) atoms. The van der Waals surface area contributed by atoms with E-state index in [9.17, 15) is 22.6 Å². The maximum Gasteiger partial charge on any atom is 1.00 e. The molecular weight excluding hydrogens is 311 g/mol. The van der Waals surface area contributed by atoms with Crippen molar-refractivity contribution in [3.05, 3.63) is 48.6 Å². The molecule has 0 heterocycles. The standard InChI is InChI=1S/C8H8O3S.C4H4O4.Na/c1-2-7-5-3-4-6-8(7)12(9,10)11;5-3(6)1-2-4(7)8;/h2-6H,1H2,(H,9,10,11);1-2H,(H,5,6)(H,7,8);/q;;+1/p-1/b;2-1-;. The van der Waals surface area contributed by atoms with Crippen molar-refractivity contribution >= 4 is 28.1 Å². The summed E-state index contributed by atoms with van der Waals surface area (Å²) >= 11 is 0. The summed E-state index contributed by atoms with van der Waals surface area (Å²) in [4.78, 5) is 18.9. The summed E-state index contributed by atoms with van der Waals surface area (Å²) in [5.74, 6) is -2.51. The van der Waals surface area contributed by atoms with Crippen LogP contribution in [-0.2, 0) is 19.7 Å². The predicted molar refractivity (Wildman–Crippen MR) is 68.9 cm³/mol. The first kappa shape index (κ1) is 21.8. The van der Waals surface area contributed by atoms with E-state index in [-0.39, 0.29) is 34.5 Å². The van der Waals surface area contributed by atoms with Gasteiger partial charge in [-0.05, 0) is 11.6 Å². The number of carboxylic acid groups (broad SMARTS) is 2. The smallest absolute Gasteiger partial charge is 0.744 e. The Balaban J connectivity index is 0. The van der Waals surface area contributed by atoms with Crippen molar-refractivity contribution in [2.45, 2.75) is 4.90 Å². The first-order chi connectivity index (χ1) is 9.18. The molecule has 0 saturated heterocycles. The van der Waals surface area contributed by atoms with E-state index in [1.165, 1.54) is 24.3 Å². The fraction of sp³-hybridized carbons (Fsp3) is 0. The number of carboxylic acids is 2. The molecule has 0 atom stereocenters. The molecule has 9 heteroatoms. The van der Waals surface area contributed by atoms with Crippen molar-refractivity contribution in [1.29, 1.82) is 0 Å². The molecule has 1 aromatic rings. The van der Waals surface area contributed by atoms with Crippen LogP contribution < -0.4 is 29.6 Å². The van der Waals surface area contributed by atoms with Crippen LogP contribution in [0.25, 0.3) is 6.08 Å². The molecular formula is C12H11NaO7S. The summed E-state index contributed by atoms with van der Waals surface area (Å²) in [6, 6.07) is 5.93. The molecule has 1 rings (SSSR count). The number of benzene rings is 1. The van der Waals surface area contributed by atoms with E-state index in [0.29, 0.717) is 17.7 Å². The summed E-state index contributed by atoms with van der Waals surface area (Å²) in [5, 5.41) is 15.6. The molecule has 0 bridgehead atoms. The molecule has 1 aromatic carbocycles. The summed E-state index contributed by atoms with van der Waals surface area (Å²) in [5.41, 5.74) is 0.340. The Bertz CT molecular complexity index is 619. The Kier molecular flexibility index (Phi) is 10.7. The molecule has 0 aromatic heterocycles. The van der Waals surface area contributed by atoms with Crippen molar-refractivity contribution < 1.29 is 62.3 Å². The van der Waals surface area contributed by atoms with E-state index in [0.717, 1.165) is 0 Å². The van der Waals surface area contributed by atoms with Crippen LogP contribution in [0.1, 0.15) is 5.56 Å². The summed E-state index contributed by atoms with van der Waals surface area (Å²) in [6.45, 7) is 3.40. The van der Waals surface area contributed by atoms with Crippen LogP contribution in [-0.4, -0.2) is 35.1 Å². The van der Waals surface area contributed by atoms with Crippen LogP contribution in [0.5, 0.6) is 0 Å². The van der Waals surface area contributed by atoms with Crippen LogP contribution in [0, 0.1) is 0 Å². The van der Waals surface area contributed by atoms with Crippen LogP contribution in [0.15, 0.2) is 47.9 Å². The maximum atomic E-state index is 10.6. The van der Waals surface area contributed by atoms with E-state index in [1.54, 1.807) is 6.07 Å². The Hall–Kier alpha value is -1.45. The third-order valence-corrected chi connectivity index (χ3v) is 2.69. The van der Waals surface area contributed by atoms with E-state index >= 15 is 0 Å². The topological polar surface area (TPSA) is 132 Å². The van der Waals surface area contributed by atoms with Gasteiger partial charge in [0.25, 0.3) is 0 Å². The molecule has 0 aliphatic rings. The van der Waals surface area contributed by atoms with Gasteiger partial charge in [0.15, 0.2) is 0 Å². The Morgan fingerprint density at radius 3 is 1.81 bits per heavy atom. The van der Waals surface area contributed by atoms with Gasteiger partial charge in [0.2, 0.25) is 0 Å². The van der Waals surface area contributed by atoms with Gasteiger partial charge in [0.1, 0.15) is 10.1 Å². The zero-order chi connectivity index (χ0) is 15.8. The summed E-state index contributed by atoms with van der Waals surface area (Å²) in [6.07, 6.45) is 2.45. The Morgan fingerprint density at radius 2 is 1.52 bits per heavy atom. The minimum absolute atomic E-state index is 0. The van der Waals surface area contributed by atoms with Gasteiger partial charge in [-0.3, -0.25) is 0 Å². The van der Waals surface area contributed by atoms with Gasteiger partial charge in [-0.2, -0.15) is 0 Å². The van der Waals surface area contributed by atoms with Gasteiger partial charge < -0.3 is 14.8 Å². The molecule has 0 amide bonds. The summed E-state index contributed by atoms with van der Waals surface area (Å²) < 4.78 is 31.8. The van der Waals surface area contributed by atoms with E-state index in [4.69, 9.17) is 10.2 Å². The third kappa shape index (κ3) is 9.99. The number of carbonyl (C=O) groups is 2. The first-order valence-electron chi connectivity index (χ1n) is 4.99. The molecule has 0 spiro atoms. The van der Waals surface area contributed by atoms with Crippen LogP contribution >= 0.6 is 0 Å². The van der Waals surface area contributed by atoms with E-state index in [1.807, 2.05) is 0 Å². The van der Waals surface area contributed by atoms with Gasteiger partial charge >= 0.3 is 41.5 Å². The van der Waals surface area contributed by atoms with Gasteiger partial charge in [-0.25, -0.2) is 18.0 Å². The van der Waals surface area contributed by atoms with Crippen molar-refractivity contribution in [2.24, 2.45) is 0 Å². The molecule has 108 valence electrons. The molecule has 0 radical (unpaired) electrons. The predicted octanol–water partition coefficient (Wildman–Crippen LogP) is -2.05. The zero-order valence-corrected chi connectivity index (χ0v) is 13.9. The Labute approximate surface area is 143 Å². The molecule has 0 saturated carbocycles. The average Bonchev–Trinajstić information content (AvgIpc) is 2.36. The van der Waals surface area contributed by atoms with Crippen LogP contribution in [0.4, 0.5) is 0 Å². The Morgan fingerprint density at radius 1 is 1.10 bits per heavy atom. The van der Waals surface area contributed by atoms with Gasteiger partial charge in [-0.1, -0.05) is 30.9 Å². The second-order valence-corrected chi connectivity index (χ2v) is 4.55. The number of hydrogen-bond donors (Lipinski definition) is 2. The molecule has 0 aliphatic carbocycles. The SMILES string of the molecule is C=Cc1ccccc1S(=O)(=O)[O-].O=C(O)/C=C\C(=O)O.[Na+]. The fourth-order valence-electron chi connectivity index (χ4n) is 1.02. The minimum atomic E-state index is -4.37. The van der Waals surface area contributed by atoms with Crippen LogP contribution in [0.3, 0.4) is 0 Å². The first-order valence-corrected chi connectivity index (χ1v) is 6.40. The van der Waals surface area contributed by atoms with Gasteiger partial charge in [0, 0.05) is 12.2 Å². The molecule has 7 nitrogen and oxygen atoms in total. The minimum Gasteiger partial charge on any atom is -0.744 e. The maximum absolute atomic E-state index is 10.6. The van der Waals surface area contributed by atoms with Gasteiger partial charge in [-0.15, -0.1) is 0 Å². The average molecular weight is 322 g/mol. The van der Waals surface area contributed by atoms with Crippen molar-refractivity contribution in [1.82, 2.24) is 0 Å². The van der Waals surface area contributed by atoms with E-state index in [2.05, 4.69) is 6.58 Å². The summed E-state index contributed by atoms with van der Waals surface area (Å²) in [7, 11) is -4.37. The number of hydrogen-bond acceptors (Lipinski definition) is 5. The van der Waals surface area contributed by atoms with Crippen LogP contribution in [0.2, 0.25) is 0 Å². The normalized spacial score (nSPS) is 9.95. The zero-order valence-electron chi connectivity index (χ0n) is 11.1. The van der Waals surface area contributed by atoms with Gasteiger partial charge in [0.05, 0.1) is 4.90 Å². The largest absolute Gasteiger partial charge is 1.00 e. The molecule has 0 aliphatic heterocycles. The molecule has 2 N–H and O–H groups in total. The number of rotatable bonds is 4. The fourth-order valence-corrected chi connectivity index (χ4v) is 1.70. The number of aliphatic carboxylic acids is 2. The van der Waals surface area contributed by atoms with Crippen molar-refractivity contribution in [3.8, 4) is 0 Å². The monoisotopic (exact) mass is 322 g/mol.